The quantitative estimate of drug-likeness (QED) is 0.459. The molecule has 3 aliphatic rings. The molecule has 2 aliphatic carbocycles. The van der Waals surface area contributed by atoms with E-state index in [1.165, 1.54) is 16.9 Å². The van der Waals surface area contributed by atoms with Gasteiger partial charge in [-0.1, -0.05) is 56.4 Å². The first-order valence-electron chi connectivity index (χ1n) is 9.25. The molecule has 2 fully saturated rings. The summed E-state index contributed by atoms with van der Waals surface area (Å²) in [6.07, 6.45) is 6.46. The monoisotopic (exact) mass is 458 g/mol. The third kappa shape index (κ3) is 5.10. The Morgan fingerprint density at radius 1 is 1.07 bits per heavy atom. The molecule has 0 amide bonds. The van der Waals surface area contributed by atoms with Crippen molar-refractivity contribution >= 4 is 39.0 Å². The third-order valence-electron chi connectivity index (χ3n) is 6.30. The molecule has 1 saturated heterocycles. The number of nitrogens with zero attached hydrogens (tertiary/aromatic N) is 3. The van der Waals surface area contributed by atoms with Crippen LogP contribution < -0.4 is 10.4 Å². The molecule has 4 rings (SSSR count). The molecule has 1 aliphatic heterocycles. The molecule has 0 radical (unpaired) electrons. The third-order valence-corrected chi connectivity index (χ3v) is 10.8. The molecule has 1 aromatic carbocycles. The summed E-state index contributed by atoms with van der Waals surface area (Å²) < 4.78 is 2.61. The topological polar surface area (TPSA) is 31.4 Å². The Bertz CT molecular complexity index is 724. The van der Waals surface area contributed by atoms with Gasteiger partial charge in [0, 0.05) is 0 Å². The van der Waals surface area contributed by atoms with Gasteiger partial charge in [-0.25, -0.2) is 0 Å². The first-order valence-corrected chi connectivity index (χ1v) is 16.6. The molecule has 1 heterocycles. The predicted octanol–water partition coefficient (Wildman–Crippen LogP) is 4.87. The van der Waals surface area contributed by atoms with Gasteiger partial charge < -0.3 is 22.6 Å². The van der Waals surface area contributed by atoms with E-state index in [0.717, 1.165) is 30.7 Å². The zero-order chi connectivity index (χ0) is 18.7. The second kappa shape index (κ2) is 10.4. The summed E-state index contributed by atoms with van der Waals surface area (Å²) in [5.41, 5.74) is 0.792. The zero-order valence-corrected chi connectivity index (χ0v) is 20.8. The van der Waals surface area contributed by atoms with Crippen LogP contribution in [-0.2, 0) is 17.0 Å². The molecule has 27 heavy (non-hydrogen) atoms. The van der Waals surface area contributed by atoms with Gasteiger partial charge in [-0.15, -0.1) is 13.3 Å². The molecule has 4 unspecified atom stereocenters. The Hall–Kier alpha value is 0.351. The van der Waals surface area contributed by atoms with Crippen molar-refractivity contribution in [2.75, 3.05) is 20.0 Å². The first-order chi connectivity index (χ1) is 12.5. The van der Waals surface area contributed by atoms with E-state index in [1.807, 2.05) is 0 Å². The van der Waals surface area contributed by atoms with Gasteiger partial charge in [0.05, 0.1) is 0 Å². The standard InChI is InChI=1S/C19H27N3Si.CH3.2ClH.Ti/c1-14-8-17-9-15-6-4-5-7-16(15)10-18(17)19(14)23(2,3)22-12-20-11-21-13-22;;;;/h4-7,9-10,14,17-19H,8,11-13H2,1-3H3;1H3;2*1H;/q-2;-1;;;+6/p-2. The molecule has 3 nitrogen and oxygen atoms in total. The van der Waals surface area contributed by atoms with Gasteiger partial charge in [0.1, 0.15) is 8.24 Å². The van der Waals surface area contributed by atoms with Gasteiger partial charge in [-0.2, -0.15) is 0 Å². The van der Waals surface area contributed by atoms with Gasteiger partial charge in [0.25, 0.3) is 0 Å². The van der Waals surface area contributed by atoms with E-state index in [-0.39, 0.29) is 7.43 Å². The molecule has 0 aromatic heterocycles. The Labute approximate surface area is 182 Å². The number of benzene rings is 1. The van der Waals surface area contributed by atoms with Crippen molar-refractivity contribution in [3.63, 3.8) is 0 Å². The van der Waals surface area contributed by atoms with Crippen molar-refractivity contribution in [1.82, 2.24) is 4.57 Å². The molecule has 0 bridgehead atoms. The van der Waals surface area contributed by atoms with Crippen molar-refractivity contribution < 1.29 is 17.0 Å². The predicted molar refractivity (Wildman–Crippen MR) is 118 cm³/mol. The molecule has 4 atom stereocenters. The minimum absolute atomic E-state index is 0. The Kier molecular flexibility index (Phi) is 9.10. The average Bonchev–Trinajstić information content (AvgIpc) is 2.96. The van der Waals surface area contributed by atoms with Gasteiger partial charge in [-0.05, 0) is 40.2 Å². The second-order valence-electron chi connectivity index (χ2n) is 8.08. The fourth-order valence-electron chi connectivity index (χ4n) is 5.23. The fourth-order valence-corrected chi connectivity index (χ4v) is 9.39. The van der Waals surface area contributed by atoms with E-state index in [4.69, 9.17) is 18.6 Å². The number of hydrogen-bond donors (Lipinski definition) is 0. The van der Waals surface area contributed by atoms with E-state index < -0.39 is 25.3 Å². The van der Waals surface area contributed by atoms with Crippen molar-refractivity contribution in [3.05, 3.63) is 52.8 Å². The van der Waals surface area contributed by atoms with Crippen LogP contribution in [0, 0.1) is 25.2 Å². The van der Waals surface area contributed by atoms with Gasteiger partial charge >= 0.3 is 35.6 Å². The summed E-state index contributed by atoms with van der Waals surface area (Å²) in [4.78, 5) is 0. The minimum atomic E-state index is -1.57. The van der Waals surface area contributed by atoms with Crippen molar-refractivity contribution in [2.45, 2.75) is 32.0 Å². The SMILES string of the molecule is CC1CC2C=c3ccccc3=CC2C1[Si](C)(C)N1C[N-]C[N-]C1.[CH3-].[Cl][Ti+4][Cl]. The molecule has 146 valence electrons. The van der Waals surface area contributed by atoms with Crippen LogP contribution in [0.4, 0.5) is 0 Å². The molecular weight excluding hydrogens is 429 g/mol. The average molecular weight is 459 g/mol. The maximum absolute atomic E-state index is 4.89. The second-order valence-corrected chi connectivity index (χ2v) is 15.3. The number of halogens is 2. The molecule has 1 aromatic rings. The summed E-state index contributed by atoms with van der Waals surface area (Å²) in [6, 6.07) is 8.88. The van der Waals surface area contributed by atoms with Gasteiger partial charge in [0.2, 0.25) is 0 Å². The normalized spacial score (nSPS) is 30.0. The number of rotatable bonds is 2. The van der Waals surface area contributed by atoms with E-state index >= 15 is 0 Å². The molecule has 7 heteroatoms. The van der Waals surface area contributed by atoms with E-state index in [0.29, 0.717) is 12.6 Å². The molecular formula is C20H30Cl2N3SiTi+. The van der Waals surface area contributed by atoms with Crippen LogP contribution in [0.3, 0.4) is 0 Å². The van der Waals surface area contributed by atoms with Crippen LogP contribution in [-0.4, -0.2) is 32.8 Å². The van der Waals surface area contributed by atoms with E-state index in [2.05, 4.69) is 71.6 Å². The summed E-state index contributed by atoms with van der Waals surface area (Å²) in [5, 5.41) is 11.9. The fraction of sp³-hybridized carbons (Fsp3) is 0.550. The Morgan fingerprint density at radius 2 is 1.63 bits per heavy atom. The van der Waals surface area contributed by atoms with E-state index in [1.54, 1.807) is 0 Å². The van der Waals surface area contributed by atoms with Gasteiger partial charge in [-0.3, -0.25) is 6.67 Å². The number of fused-ring (bicyclic) bond motifs is 2. The zero-order valence-electron chi connectivity index (χ0n) is 16.7. The summed E-state index contributed by atoms with van der Waals surface area (Å²) >= 11 is -0.556. The van der Waals surface area contributed by atoms with Gasteiger partial charge in [0.15, 0.2) is 0 Å². The van der Waals surface area contributed by atoms with Crippen molar-refractivity contribution in [1.29, 1.82) is 0 Å². The number of hydrogen-bond acceptors (Lipinski definition) is 1. The Balaban J connectivity index is 0.000000614. The Morgan fingerprint density at radius 3 is 2.22 bits per heavy atom. The van der Waals surface area contributed by atoms with Crippen LogP contribution in [0.2, 0.25) is 18.6 Å². The van der Waals surface area contributed by atoms with Crippen molar-refractivity contribution in [2.24, 2.45) is 17.8 Å². The van der Waals surface area contributed by atoms with Crippen LogP contribution in [0.15, 0.2) is 24.3 Å². The summed E-state index contributed by atoms with van der Waals surface area (Å²) in [7, 11) is 8.21. The van der Waals surface area contributed by atoms with Crippen LogP contribution in [0.25, 0.3) is 22.8 Å². The van der Waals surface area contributed by atoms with E-state index in [9.17, 15) is 0 Å². The first kappa shape index (κ1) is 23.6. The van der Waals surface area contributed by atoms with Crippen LogP contribution in [0.1, 0.15) is 13.3 Å². The molecule has 1 saturated carbocycles. The molecule has 0 N–H and O–H groups in total. The summed E-state index contributed by atoms with van der Waals surface area (Å²) in [6.45, 7) is 10.0. The van der Waals surface area contributed by atoms with Crippen molar-refractivity contribution in [3.8, 4) is 0 Å². The molecule has 0 spiro atoms. The maximum atomic E-state index is 4.89. The summed E-state index contributed by atoms with van der Waals surface area (Å²) in [5.74, 6) is 2.20. The van der Waals surface area contributed by atoms with Crippen LogP contribution >= 0.6 is 18.6 Å². The van der Waals surface area contributed by atoms with Crippen LogP contribution in [0.5, 0.6) is 0 Å².